The molecule has 1 saturated heterocycles. The van der Waals surface area contributed by atoms with E-state index in [4.69, 9.17) is 47.2 Å². The van der Waals surface area contributed by atoms with Gasteiger partial charge in [0.1, 0.15) is 11.6 Å². The maximum atomic E-state index is 13.1. The molecule has 0 aromatic heterocycles. The van der Waals surface area contributed by atoms with Gasteiger partial charge in [-0.15, -0.1) is 0 Å². The molecule has 1 atom stereocenters. The average molecular weight is 600 g/mol. The van der Waals surface area contributed by atoms with Gasteiger partial charge in [0.25, 0.3) is 5.91 Å². The lowest BCUT2D eigenvalue weighted by Crippen LogP contribution is -2.47. The fourth-order valence-electron chi connectivity index (χ4n) is 3.77. The number of nitrogens with one attached hydrogen (secondary N) is 1. The Kier molecular flexibility index (Phi) is 12.1. The van der Waals surface area contributed by atoms with Gasteiger partial charge in [0, 0.05) is 31.4 Å². The number of halogens is 2. The van der Waals surface area contributed by atoms with Gasteiger partial charge in [0.15, 0.2) is 5.60 Å². The smallest absolute Gasteiger partial charge is 0.336 e. The van der Waals surface area contributed by atoms with Crippen molar-refractivity contribution in [3.05, 3.63) is 52.8 Å². The van der Waals surface area contributed by atoms with Crippen LogP contribution in [-0.4, -0.2) is 88.8 Å². The molecule has 15 heteroatoms. The summed E-state index contributed by atoms with van der Waals surface area (Å²) >= 11 is 6.06. The Balaban J connectivity index is 0.000000383. The van der Waals surface area contributed by atoms with Gasteiger partial charge < -0.3 is 45.9 Å². The second kappa shape index (κ2) is 15.0. The third-order valence-corrected chi connectivity index (χ3v) is 6.08. The first-order valence-corrected chi connectivity index (χ1v) is 12.6. The number of amides is 1. The second-order valence-corrected chi connectivity index (χ2v) is 9.31. The quantitative estimate of drug-likeness (QED) is 0.204. The maximum absolute atomic E-state index is 13.1. The molecular formula is C26H31ClFN3O10. The van der Waals surface area contributed by atoms with Crippen molar-refractivity contribution in [3.63, 3.8) is 0 Å². The number of benzene rings is 2. The monoisotopic (exact) mass is 599 g/mol. The summed E-state index contributed by atoms with van der Waals surface area (Å²) in [5, 5.41) is 37.0. The number of carbonyl (C=O) groups is 4. The summed E-state index contributed by atoms with van der Waals surface area (Å²) in [6.07, 6.45) is -2.48. The minimum atomic E-state index is -2.74. The van der Waals surface area contributed by atoms with Gasteiger partial charge in [0.2, 0.25) is 0 Å². The van der Waals surface area contributed by atoms with Crippen LogP contribution in [-0.2, 0) is 19.1 Å². The SMILES string of the molecule is CCOc1cc(N)c(Cl)cc1C(=O)NCC1CN(c2ccc(F)cc2)CCO1.O=C(O)CC(O)(CC(=O)O)C(=O)O. The highest BCUT2D eigenvalue weighted by atomic mass is 35.5. The van der Waals surface area contributed by atoms with E-state index in [1.54, 1.807) is 18.2 Å². The molecule has 1 amide bonds. The third kappa shape index (κ3) is 10.1. The van der Waals surface area contributed by atoms with Crippen molar-refractivity contribution in [2.75, 3.05) is 43.5 Å². The molecule has 2 aromatic carbocycles. The molecule has 1 heterocycles. The third-order valence-electron chi connectivity index (χ3n) is 5.75. The molecule has 0 bridgehead atoms. The highest BCUT2D eigenvalue weighted by molar-refractivity contribution is 6.33. The van der Waals surface area contributed by atoms with E-state index in [2.05, 4.69) is 10.2 Å². The number of nitrogen functional groups attached to an aromatic ring is 1. The van der Waals surface area contributed by atoms with E-state index in [0.717, 1.165) is 5.69 Å². The molecule has 224 valence electrons. The first-order chi connectivity index (χ1) is 19.2. The summed E-state index contributed by atoms with van der Waals surface area (Å²) in [6, 6.07) is 9.39. The van der Waals surface area contributed by atoms with Crippen LogP contribution in [0.5, 0.6) is 5.75 Å². The van der Waals surface area contributed by atoms with E-state index in [1.165, 1.54) is 18.2 Å². The summed E-state index contributed by atoms with van der Waals surface area (Å²) in [5.41, 5.74) is 4.66. The Labute approximate surface area is 239 Å². The van der Waals surface area contributed by atoms with Gasteiger partial charge in [-0.25, -0.2) is 9.18 Å². The van der Waals surface area contributed by atoms with Crippen LogP contribution < -0.4 is 20.7 Å². The van der Waals surface area contributed by atoms with Gasteiger partial charge in [0.05, 0.1) is 48.4 Å². The van der Waals surface area contributed by atoms with Crippen LogP contribution in [0.25, 0.3) is 0 Å². The van der Waals surface area contributed by atoms with Crippen LogP contribution in [0.4, 0.5) is 15.8 Å². The number of carboxylic acids is 3. The van der Waals surface area contributed by atoms with Gasteiger partial charge in [-0.3, -0.25) is 14.4 Å². The molecule has 0 radical (unpaired) electrons. The molecule has 3 rings (SSSR count). The molecule has 7 N–H and O–H groups in total. The zero-order valence-electron chi connectivity index (χ0n) is 22.0. The van der Waals surface area contributed by atoms with Crippen LogP contribution in [0.3, 0.4) is 0 Å². The van der Waals surface area contributed by atoms with Gasteiger partial charge in [-0.1, -0.05) is 11.6 Å². The number of nitrogens with zero attached hydrogens (tertiary/aromatic N) is 1. The number of anilines is 2. The summed E-state index contributed by atoms with van der Waals surface area (Å²) in [4.78, 5) is 45.2. The van der Waals surface area contributed by atoms with E-state index in [1.807, 2.05) is 6.92 Å². The predicted molar refractivity (Wildman–Crippen MR) is 145 cm³/mol. The number of aliphatic carboxylic acids is 3. The lowest BCUT2D eigenvalue weighted by molar-refractivity contribution is -0.170. The summed E-state index contributed by atoms with van der Waals surface area (Å²) in [6.45, 7) is 4.37. The van der Waals surface area contributed by atoms with Crippen LogP contribution >= 0.6 is 11.6 Å². The van der Waals surface area contributed by atoms with Crippen molar-refractivity contribution < 1.29 is 53.5 Å². The molecule has 13 nitrogen and oxygen atoms in total. The zero-order chi connectivity index (χ0) is 30.7. The molecule has 1 aliphatic rings. The Hall–Kier alpha value is -4.14. The van der Waals surface area contributed by atoms with Crippen LogP contribution in [0.15, 0.2) is 36.4 Å². The van der Waals surface area contributed by atoms with Gasteiger partial charge >= 0.3 is 17.9 Å². The van der Waals surface area contributed by atoms with Crippen LogP contribution in [0.1, 0.15) is 30.1 Å². The number of hydrogen-bond donors (Lipinski definition) is 6. The van der Waals surface area contributed by atoms with Crippen molar-refractivity contribution in [1.82, 2.24) is 5.32 Å². The number of aliphatic hydroxyl groups is 1. The number of ether oxygens (including phenoxy) is 2. The topological polar surface area (TPSA) is 209 Å². The van der Waals surface area contributed by atoms with E-state index in [-0.39, 0.29) is 17.8 Å². The molecule has 0 aliphatic carbocycles. The summed E-state index contributed by atoms with van der Waals surface area (Å²) in [5.74, 6) is -5.21. The minimum absolute atomic E-state index is 0.192. The molecule has 0 saturated carbocycles. The van der Waals surface area contributed by atoms with E-state index >= 15 is 0 Å². The van der Waals surface area contributed by atoms with Crippen molar-refractivity contribution >= 4 is 46.8 Å². The molecular weight excluding hydrogens is 569 g/mol. The maximum Gasteiger partial charge on any atom is 0.336 e. The van der Waals surface area contributed by atoms with Crippen LogP contribution in [0, 0.1) is 5.82 Å². The predicted octanol–water partition coefficient (Wildman–Crippen LogP) is 1.85. The van der Waals surface area contributed by atoms with Crippen molar-refractivity contribution in [2.45, 2.75) is 31.5 Å². The Morgan fingerprint density at radius 1 is 1.15 bits per heavy atom. The molecule has 41 heavy (non-hydrogen) atoms. The van der Waals surface area contributed by atoms with E-state index in [9.17, 15) is 23.6 Å². The molecule has 2 aromatic rings. The van der Waals surface area contributed by atoms with Crippen molar-refractivity contribution in [3.8, 4) is 5.75 Å². The molecule has 1 aliphatic heterocycles. The zero-order valence-corrected chi connectivity index (χ0v) is 22.8. The van der Waals surface area contributed by atoms with Crippen molar-refractivity contribution in [2.24, 2.45) is 0 Å². The van der Waals surface area contributed by atoms with E-state index < -0.39 is 36.4 Å². The first kappa shape index (κ1) is 33.1. The first-order valence-electron chi connectivity index (χ1n) is 12.3. The standard InChI is InChI=1S/C20H23ClFN3O3.C6H8O7/c1-2-27-19-10-18(23)17(21)9-16(19)20(26)24-11-15-12-25(7-8-28-15)14-5-3-13(22)4-6-14;7-3(8)1-6(13,5(11)12)2-4(9)10/h3-6,9-10,15H,2,7-8,11-12,23H2,1H3,(H,24,26);13H,1-2H2,(H,7,8)(H,9,10)(H,11,12). The number of rotatable bonds is 11. The molecule has 0 spiro atoms. The lowest BCUT2D eigenvalue weighted by atomic mass is 9.96. The number of hydrogen-bond acceptors (Lipinski definition) is 9. The fourth-order valence-corrected chi connectivity index (χ4v) is 3.93. The number of morpholine rings is 1. The van der Waals surface area contributed by atoms with E-state index in [0.29, 0.717) is 54.9 Å². The Bertz CT molecular complexity index is 1230. The Morgan fingerprint density at radius 2 is 1.76 bits per heavy atom. The fraction of sp³-hybridized carbons (Fsp3) is 0.385. The second-order valence-electron chi connectivity index (χ2n) is 8.91. The van der Waals surface area contributed by atoms with Gasteiger partial charge in [-0.2, -0.15) is 0 Å². The Morgan fingerprint density at radius 3 is 2.29 bits per heavy atom. The normalized spacial score (nSPS) is 14.8. The molecule has 1 fully saturated rings. The molecule has 1 unspecified atom stereocenters. The summed E-state index contributed by atoms with van der Waals surface area (Å²) in [7, 11) is 0. The lowest BCUT2D eigenvalue weighted by Gasteiger charge is -2.34. The number of nitrogens with two attached hydrogens (primary N) is 1. The van der Waals surface area contributed by atoms with Gasteiger partial charge in [-0.05, 0) is 37.3 Å². The number of carbonyl (C=O) groups excluding carboxylic acids is 1. The highest BCUT2D eigenvalue weighted by Crippen LogP contribution is 2.29. The summed E-state index contributed by atoms with van der Waals surface area (Å²) < 4.78 is 24.4. The largest absolute Gasteiger partial charge is 0.493 e. The average Bonchev–Trinajstić information content (AvgIpc) is 2.89. The van der Waals surface area contributed by atoms with Crippen LogP contribution in [0.2, 0.25) is 5.02 Å². The number of carboxylic acid groups (broad SMARTS) is 3. The van der Waals surface area contributed by atoms with Crippen molar-refractivity contribution in [1.29, 1.82) is 0 Å². The minimum Gasteiger partial charge on any atom is -0.493 e. The highest BCUT2D eigenvalue weighted by Gasteiger charge is 2.40.